The number of aliphatic carboxylic acids is 1. The Morgan fingerprint density at radius 1 is 0.972 bits per heavy atom. The minimum atomic E-state index is -0.860. The lowest BCUT2D eigenvalue weighted by Gasteiger charge is -2.10. The summed E-state index contributed by atoms with van der Waals surface area (Å²) >= 11 is 6.15. The second-order valence-electron chi connectivity index (χ2n) is 8.29. The number of carbonyl (C=O) groups excluding carboxylic acids is 1. The molecule has 0 saturated heterocycles. The van der Waals surface area contributed by atoms with Crippen LogP contribution in [0.25, 0.3) is 11.3 Å². The molecule has 0 aliphatic rings. The molecule has 0 bridgehead atoms. The number of nitrogens with zero attached hydrogens (tertiary/aromatic N) is 1. The fourth-order valence-corrected chi connectivity index (χ4v) is 4.10. The molecular formula is C28H25ClN2O5. The molecule has 0 radical (unpaired) electrons. The number of ether oxygens (including phenoxy) is 1. The zero-order chi connectivity index (χ0) is 25.5. The fraction of sp³-hybridized carbons (Fsp3) is 0.179. The van der Waals surface area contributed by atoms with Crippen molar-refractivity contribution in [2.45, 2.75) is 26.2 Å². The minimum Gasteiger partial charge on any atom is -0.481 e. The molecule has 0 spiro atoms. The maximum atomic E-state index is 12.4. The van der Waals surface area contributed by atoms with Crippen molar-refractivity contribution in [1.82, 2.24) is 5.16 Å². The lowest BCUT2D eigenvalue weighted by atomic mass is 9.97. The number of amides is 1. The zero-order valence-electron chi connectivity index (χ0n) is 19.7. The van der Waals surface area contributed by atoms with E-state index in [-0.39, 0.29) is 13.0 Å². The molecule has 1 heterocycles. The van der Waals surface area contributed by atoms with Crippen molar-refractivity contribution in [3.8, 4) is 11.3 Å². The van der Waals surface area contributed by atoms with Crippen LogP contribution in [0.15, 0.2) is 77.3 Å². The zero-order valence-corrected chi connectivity index (χ0v) is 20.4. The summed E-state index contributed by atoms with van der Waals surface area (Å²) in [7, 11) is 0. The van der Waals surface area contributed by atoms with Gasteiger partial charge in [0, 0.05) is 17.0 Å². The van der Waals surface area contributed by atoms with Gasteiger partial charge in [-0.3, -0.25) is 10.1 Å². The van der Waals surface area contributed by atoms with E-state index in [1.807, 2.05) is 66.7 Å². The highest BCUT2D eigenvalue weighted by atomic mass is 35.5. The van der Waals surface area contributed by atoms with Crippen LogP contribution < -0.4 is 5.32 Å². The number of aryl methyl sites for hydroxylation is 1. The van der Waals surface area contributed by atoms with Gasteiger partial charge in [0.1, 0.15) is 11.4 Å². The van der Waals surface area contributed by atoms with Gasteiger partial charge in [0.2, 0.25) is 0 Å². The van der Waals surface area contributed by atoms with Crippen LogP contribution in [0, 0.1) is 6.92 Å². The summed E-state index contributed by atoms with van der Waals surface area (Å²) in [6.45, 7) is 1.91. The van der Waals surface area contributed by atoms with Gasteiger partial charge < -0.3 is 14.4 Å². The smallest absolute Gasteiger partial charge is 0.411 e. The Morgan fingerprint density at radius 2 is 1.64 bits per heavy atom. The monoisotopic (exact) mass is 504 g/mol. The van der Waals surface area contributed by atoms with Crippen molar-refractivity contribution in [2.75, 3.05) is 11.9 Å². The van der Waals surface area contributed by atoms with E-state index in [1.54, 1.807) is 13.0 Å². The Kier molecular flexibility index (Phi) is 8.02. The topological polar surface area (TPSA) is 102 Å². The average Bonchev–Trinajstić information content (AvgIpc) is 3.21. The molecule has 3 aromatic carbocycles. The van der Waals surface area contributed by atoms with Gasteiger partial charge in [-0.05, 0) is 41.7 Å². The number of carboxylic acid groups (broad SMARTS) is 1. The van der Waals surface area contributed by atoms with Crippen LogP contribution in [0.1, 0.15) is 27.9 Å². The third-order valence-electron chi connectivity index (χ3n) is 5.72. The van der Waals surface area contributed by atoms with Gasteiger partial charge in [0.25, 0.3) is 0 Å². The second kappa shape index (κ2) is 11.6. The summed E-state index contributed by atoms with van der Waals surface area (Å²) in [5.41, 5.74) is 5.38. The third kappa shape index (κ3) is 6.31. The summed E-state index contributed by atoms with van der Waals surface area (Å²) in [6.07, 6.45) is 0.470. The Morgan fingerprint density at radius 3 is 2.33 bits per heavy atom. The molecule has 8 heteroatoms. The number of anilines is 1. The quantitative estimate of drug-likeness (QED) is 0.277. The predicted octanol–water partition coefficient (Wildman–Crippen LogP) is 6.31. The van der Waals surface area contributed by atoms with Crippen LogP contribution in [0.5, 0.6) is 0 Å². The summed E-state index contributed by atoms with van der Waals surface area (Å²) in [4.78, 5) is 23.6. The molecule has 0 saturated carbocycles. The number of benzene rings is 3. The molecule has 4 rings (SSSR count). The van der Waals surface area contributed by atoms with E-state index >= 15 is 0 Å². The standard InChI is InChI=1S/C28H25ClN2O5/c1-18-26(30-28(34)35-15-14-20-6-4-5-9-24(20)29)27(36-31-18)21-12-10-19(11-13-21)16-22-7-2-3-8-23(22)17-25(32)33/h2-13H,14-17H2,1H3,(H,30,34)(H,32,33). The van der Waals surface area contributed by atoms with E-state index in [0.29, 0.717) is 35.0 Å². The van der Waals surface area contributed by atoms with E-state index in [2.05, 4.69) is 10.5 Å². The molecule has 0 unspecified atom stereocenters. The SMILES string of the molecule is Cc1noc(-c2ccc(Cc3ccccc3CC(=O)O)cc2)c1NC(=O)OCCc1ccccc1Cl. The van der Waals surface area contributed by atoms with Gasteiger partial charge >= 0.3 is 12.1 Å². The van der Waals surface area contributed by atoms with Crippen molar-refractivity contribution in [3.05, 3.63) is 106 Å². The summed E-state index contributed by atoms with van der Waals surface area (Å²) in [6, 6.07) is 22.6. The van der Waals surface area contributed by atoms with Crippen LogP contribution in [0.3, 0.4) is 0 Å². The Balaban J connectivity index is 1.41. The molecule has 184 valence electrons. The van der Waals surface area contributed by atoms with Crippen LogP contribution in [-0.2, 0) is 28.8 Å². The number of halogens is 1. The van der Waals surface area contributed by atoms with Gasteiger partial charge in [0.15, 0.2) is 5.76 Å². The van der Waals surface area contributed by atoms with Crippen LogP contribution in [0.2, 0.25) is 5.02 Å². The van der Waals surface area contributed by atoms with Crippen molar-refractivity contribution < 1.29 is 24.0 Å². The maximum absolute atomic E-state index is 12.4. The summed E-state index contributed by atoms with van der Waals surface area (Å²) < 4.78 is 10.8. The molecule has 2 N–H and O–H groups in total. The summed E-state index contributed by atoms with van der Waals surface area (Å²) in [5, 5.41) is 16.5. The average molecular weight is 505 g/mol. The number of nitrogens with one attached hydrogen (secondary N) is 1. The van der Waals surface area contributed by atoms with Crippen LogP contribution in [-0.4, -0.2) is 28.9 Å². The fourth-order valence-electron chi connectivity index (χ4n) is 3.87. The number of carboxylic acids is 1. The van der Waals surface area contributed by atoms with E-state index < -0.39 is 12.1 Å². The number of hydrogen-bond acceptors (Lipinski definition) is 5. The normalized spacial score (nSPS) is 10.7. The molecule has 0 fully saturated rings. The molecule has 36 heavy (non-hydrogen) atoms. The third-order valence-corrected chi connectivity index (χ3v) is 6.09. The van der Waals surface area contributed by atoms with Gasteiger partial charge in [-0.25, -0.2) is 4.79 Å². The van der Waals surface area contributed by atoms with E-state index in [4.69, 9.17) is 26.0 Å². The van der Waals surface area contributed by atoms with Crippen molar-refractivity contribution >= 4 is 29.4 Å². The molecule has 0 aliphatic heterocycles. The molecule has 0 aliphatic carbocycles. The van der Waals surface area contributed by atoms with E-state index in [9.17, 15) is 9.59 Å². The highest BCUT2D eigenvalue weighted by molar-refractivity contribution is 6.31. The van der Waals surface area contributed by atoms with E-state index in [0.717, 1.165) is 27.8 Å². The molecule has 0 atom stereocenters. The lowest BCUT2D eigenvalue weighted by Crippen LogP contribution is -2.16. The minimum absolute atomic E-state index is 0.0187. The van der Waals surface area contributed by atoms with Crippen molar-refractivity contribution in [3.63, 3.8) is 0 Å². The first-order valence-corrected chi connectivity index (χ1v) is 11.8. The Hall–Kier alpha value is -4.10. The van der Waals surface area contributed by atoms with Gasteiger partial charge in [0.05, 0.1) is 13.0 Å². The number of aromatic nitrogens is 1. The van der Waals surface area contributed by atoms with Crippen LogP contribution >= 0.6 is 11.6 Å². The van der Waals surface area contributed by atoms with Gasteiger partial charge in [-0.15, -0.1) is 0 Å². The number of rotatable bonds is 9. The molecular weight excluding hydrogens is 480 g/mol. The first kappa shape index (κ1) is 25.0. The lowest BCUT2D eigenvalue weighted by molar-refractivity contribution is -0.136. The first-order chi connectivity index (χ1) is 17.4. The second-order valence-corrected chi connectivity index (χ2v) is 8.69. The predicted molar refractivity (Wildman–Crippen MR) is 137 cm³/mol. The van der Waals surface area contributed by atoms with Crippen molar-refractivity contribution in [1.29, 1.82) is 0 Å². The maximum Gasteiger partial charge on any atom is 0.411 e. The van der Waals surface area contributed by atoms with Gasteiger partial charge in [-0.2, -0.15) is 0 Å². The highest BCUT2D eigenvalue weighted by Crippen LogP contribution is 2.31. The first-order valence-electron chi connectivity index (χ1n) is 11.4. The Labute approximate surface area is 213 Å². The van der Waals surface area contributed by atoms with Crippen molar-refractivity contribution in [2.24, 2.45) is 0 Å². The molecule has 1 amide bonds. The highest BCUT2D eigenvalue weighted by Gasteiger charge is 2.18. The Bertz CT molecular complexity index is 1360. The number of carbonyl (C=O) groups is 2. The number of hydrogen-bond donors (Lipinski definition) is 2. The largest absolute Gasteiger partial charge is 0.481 e. The summed E-state index contributed by atoms with van der Waals surface area (Å²) in [5.74, 6) is -0.436. The van der Waals surface area contributed by atoms with Crippen LogP contribution in [0.4, 0.5) is 10.5 Å². The van der Waals surface area contributed by atoms with Gasteiger partial charge in [-0.1, -0.05) is 83.5 Å². The molecule has 1 aromatic heterocycles. The van der Waals surface area contributed by atoms with E-state index in [1.165, 1.54) is 0 Å². The molecule has 4 aromatic rings. The molecule has 7 nitrogen and oxygen atoms in total.